The molecule has 0 atom stereocenters. The van der Waals surface area contributed by atoms with Crippen molar-refractivity contribution in [1.82, 2.24) is 15.0 Å². The van der Waals surface area contributed by atoms with Crippen LogP contribution in [0.4, 0.5) is 11.9 Å². The molecule has 0 fully saturated rings. The Bertz CT molecular complexity index is 515. The van der Waals surface area contributed by atoms with Crippen LogP contribution in [0.5, 0.6) is 0 Å². The first-order chi connectivity index (χ1) is 7.70. The third-order valence-corrected chi connectivity index (χ3v) is 2.09. The molecule has 16 heavy (non-hydrogen) atoms. The highest BCUT2D eigenvalue weighted by Crippen LogP contribution is 2.21. The van der Waals surface area contributed by atoms with E-state index in [-0.39, 0.29) is 11.9 Å². The van der Waals surface area contributed by atoms with Crippen LogP contribution in [0.15, 0.2) is 30.8 Å². The van der Waals surface area contributed by atoms with Crippen molar-refractivity contribution in [3.63, 3.8) is 0 Å². The summed E-state index contributed by atoms with van der Waals surface area (Å²) in [7, 11) is 0. The van der Waals surface area contributed by atoms with Gasteiger partial charge in [0.05, 0.1) is 0 Å². The van der Waals surface area contributed by atoms with Crippen LogP contribution in [0.25, 0.3) is 17.5 Å². The molecule has 0 aliphatic carbocycles. The van der Waals surface area contributed by atoms with Gasteiger partial charge in [-0.15, -0.1) is 0 Å². The minimum absolute atomic E-state index is 0.112. The van der Waals surface area contributed by atoms with Gasteiger partial charge in [0.1, 0.15) is 0 Å². The Morgan fingerprint density at radius 3 is 2.25 bits per heavy atom. The van der Waals surface area contributed by atoms with E-state index in [0.29, 0.717) is 5.82 Å². The number of hydrogen-bond acceptors (Lipinski definition) is 5. The smallest absolute Gasteiger partial charge is 0.225 e. The quantitative estimate of drug-likeness (QED) is 0.785. The lowest BCUT2D eigenvalue weighted by molar-refractivity contribution is 1.09. The summed E-state index contributed by atoms with van der Waals surface area (Å²) in [5.74, 6) is 0.684. The van der Waals surface area contributed by atoms with Gasteiger partial charge < -0.3 is 11.5 Å². The molecule has 5 heteroatoms. The van der Waals surface area contributed by atoms with Gasteiger partial charge >= 0.3 is 0 Å². The molecule has 1 heterocycles. The molecule has 0 bridgehead atoms. The van der Waals surface area contributed by atoms with Gasteiger partial charge in [0, 0.05) is 5.56 Å². The first kappa shape index (κ1) is 10.1. The highest BCUT2D eigenvalue weighted by atomic mass is 15.1. The molecule has 5 nitrogen and oxygen atoms in total. The van der Waals surface area contributed by atoms with Gasteiger partial charge in [-0.1, -0.05) is 36.9 Å². The summed E-state index contributed by atoms with van der Waals surface area (Å²) in [5.41, 5.74) is 12.8. The van der Waals surface area contributed by atoms with Crippen LogP contribution >= 0.6 is 0 Å². The zero-order valence-corrected chi connectivity index (χ0v) is 8.59. The molecule has 0 saturated heterocycles. The molecule has 1 aromatic heterocycles. The largest absolute Gasteiger partial charge is 0.368 e. The van der Waals surface area contributed by atoms with E-state index in [1.807, 2.05) is 24.3 Å². The molecule has 2 rings (SSSR count). The standard InChI is InChI=1S/C11H11N5/c1-2-7-5-3-4-6-8(7)9-14-10(12)16-11(13)15-9/h2-6H,1H2,(H4,12,13,14,15,16). The fourth-order valence-electron chi connectivity index (χ4n) is 1.41. The highest BCUT2D eigenvalue weighted by Gasteiger charge is 2.07. The predicted molar refractivity (Wildman–Crippen MR) is 64.2 cm³/mol. The van der Waals surface area contributed by atoms with Gasteiger partial charge in [-0.2, -0.15) is 15.0 Å². The number of nitrogens with zero attached hydrogens (tertiary/aromatic N) is 3. The van der Waals surface area contributed by atoms with Crippen LogP contribution in [0.2, 0.25) is 0 Å². The summed E-state index contributed by atoms with van der Waals surface area (Å²) in [6.45, 7) is 3.73. The number of nitrogens with two attached hydrogens (primary N) is 2. The zero-order chi connectivity index (χ0) is 11.5. The molecule has 0 unspecified atom stereocenters. The SMILES string of the molecule is C=Cc1ccccc1-c1nc(N)nc(N)n1. The van der Waals surface area contributed by atoms with Crippen LogP contribution < -0.4 is 11.5 Å². The van der Waals surface area contributed by atoms with E-state index in [2.05, 4.69) is 21.5 Å². The lowest BCUT2D eigenvalue weighted by Crippen LogP contribution is -2.04. The maximum atomic E-state index is 5.52. The molecule has 4 N–H and O–H groups in total. The lowest BCUT2D eigenvalue weighted by atomic mass is 10.1. The summed E-state index contributed by atoms with van der Waals surface area (Å²) in [6.07, 6.45) is 1.73. The van der Waals surface area contributed by atoms with Gasteiger partial charge in [-0.25, -0.2) is 0 Å². The van der Waals surface area contributed by atoms with Crippen LogP contribution in [-0.2, 0) is 0 Å². The second-order valence-electron chi connectivity index (χ2n) is 3.17. The highest BCUT2D eigenvalue weighted by molar-refractivity contribution is 5.70. The van der Waals surface area contributed by atoms with E-state index in [1.54, 1.807) is 6.08 Å². The van der Waals surface area contributed by atoms with Gasteiger partial charge in [-0.05, 0) is 5.56 Å². The van der Waals surface area contributed by atoms with Crippen LogP contribution in [0, 0.1) is 0 Å². The molecule has 1 aromatic carbocycles. The van der Waals surface area contributed by atoms with Gasteiger partial charge in [-0.3, -0.25) is 0 Å². The van der Waals surface area contributed by atoms with E-state index in [1.165, 1.54) is 0 Å². The third kappa shape index (κ3) is 1.83. The van der Waals surface area contributed by atoms with E-state index in [4.69, 9.17) is 11.5 Å². The number of benzene rings is 1. The summed E-state index contributed by atoms with van der Waals surface area (Å²) in [4.78, 5) is 11.8. The average molecular weight is 213 g/mol. The Labute approximate surface area is 92.9 Å². The Morgan fingerprint density at radius 2 is 1.62 bits per heavy atom. The number of aromatic nitrogens is 3. The van der Waals surface area contributed by atoms with Crippen molar-refractivity contribution in [1.29, 1.82) is 0 Å². The molecule has 0 spiro atoms. The van der Waals surface area contributed by atoms with E-state index < -0.39 is 0 Å². The summed E-state index contributed by atoms with van der Waals surface area (Å²) in [6, 6.07) is 7.59. The molecular formula is C11H11N5. The number of rotatable bonds is 2. The van der Waals surface area contributed by atoms with Crippen molar-refractivity contribution in [2.45, 2.75) is 0 Å². The Kier molecular flexibility index (Phi) is 2.51. The Hall–Kier alpha value is -2.43. The van der Waals surface area contributed by atoms with E-state index in [0.717, 1.165) is 11.1 Å². The fourth-order valence-corrected chi connectivity index (χ4v) is 1.41. The third-order valence-electron chi connectivity index (χ3n) is 2.09. The second-order valence-corrected chi connectivity index (χ2v) is 3.17. The zero-order valence-electron chi connectivity index (χ0n) is 8.59. The van der Waals surface area contributed by atoms with Crippen molar-refractivity contribution in [3.8, 4) is 11.4 Å². The van der Waals surface area contributed by atoms with Crippen molar-refractivity contribution >= 4 is 18.0 Å². The molecular weight excluding hydrogens is 202 g/mol. The second kappa shape index (κ2) is 3.98. The summed E-state index contributed by atoms with van der Waals surface area (Å²) < 4.78 is 0. The Balaban J connectivity index is 2.62. The van der Waals surface area contributed by atoms with Crippen LogP contribution in [0.3, 0.4) is 0 Å². The van der Waals surface area contributed by atoms with Crippen LogP contribution in [-0.4, -0.2) is 15.0 Å². The molecule has 80 valence electrons. The van der Waals surface area contributed by atoms with E-state index in [9.17, 15) is 0 Å². The maximum absolute atomic E-state index is 5.52. The molecule has 2 aromatic rings. The molecule has 0 aliphatic rings. The van der Waals surface area contributed by atoms with Gasteiger partial charge in [0.2, 0.25) is 11.9 Å². The first-order valence-corrected chi connectivity index (χ1v) is 4.69. The van der Waals surface area contributed by atoms with Gasteiger partial charge in [0.15, 0.2) is 5.82 Å². The molecule has 0 radical (unpaired) electrons. The number of hydrogen-bond donors (Lipinski definition) is 2. The lowest BCUT2D eigenvalue weighted by Gasteiger charge is -2.05. The summed E-state index contributed by atoms with van der Waals surface area (Å²) in [5, 5.41) is 0. The summed E-state index contributed by atoms with van der Waals surface area (Å²) >= 11 is 0. The first-order valence-electron chi connectivity index (χ1n) is 4.69. The van der Waals surface area contributed by atoms with Crippen molar-refractivity contribution in [3.05, 3.63) is 36.4 Å². The fraction of sp³-hybridized carbons (Fsp3) is 0. The van der Waals surface area contributed by atoms with Crippen LogP contribution in [0.1, 0.15) is 5.56 Å². The van der Waals surface area contributed by atoms with Gasteiger partial charge in [0.25, 0.3) is 0 Å². The monoisotopic (exact) mass is 213 g/mol. The van der Waals surface area contributed by atoms with Crippen molar-refractivity contribution < 1.29 is 0 Å². The normalized spacial score (nSPS) is 10.0. The van der Waals surface area contributed by atoms with Crippen molar-refractivity contribution in [2.24, 2.45) is 0 Å². The topological polar surface area (TPSA) is 90.7 Å². The van der Waals surface area contributed by atoms with Crippen molar-refractivity contribution in [2.75, 3.05) is 11.5 Å². The minimum atomic E-state index is 0.112. The maximum Gasteiger partial charge on any atom is 0.225 e. The molecule has 0 aliphatic heterocycles. The molecule has 0 amide bonds. The van der Waals surface area contributed by atoms with E-state index >= 15 is 0 Å². The predicted octanol–water partition coefficient (Wildman–Crippen LogP) is 1.35. The molecule has 0 saturated carbocycles. The number of anilines is 2. The number of nitrogen functional groups attached to an aromatic ring is 2. The minimum Gasteiger partial charge on any atom is -0.368 e. The Morgan fingerprint density at radius 1 is 1.00 bits per heavy atom. The average Bonchev–Trinajstić information content (AvgIpc) is 2.27.